The Balaban J connectivity index is 2.40. The van der Waals surface area contributed by atoms with Crippen molar-refractivity contribution in [2.24, 2.45) is 5.92 Å². The number of hydrogen-bond donors (Lipinski definition) is 2. The first-order chi connectivity index (χ1) is 9.15. The Morgan fingerprint density at radius 1 is 1.47 bits per heavy atom. The molecule has 19 heavy (non-hydrogen) atoms. The number of aliphatic hydroxyl groups excluding tert-OH is 1. The summed E-state index contributed by atoms with van der Waals surface area (Å²) >= 11 is 0. The zero-order valence-corrected chi connectivity index (χ0v) is 10.9. The maximum atomic E-state index is 11.6. The maximum Gasteiger partial charge on any atom is 0.224 e. The van der Waals surface area contributed by atoms with Gasteiger partial charge in [-0.15, -0.1) is 0 Å². The van der Waals surface area contributed by atoms with Gasteiger partial charge in [0.15, 0.2) is 6.61 Å². The molecule has 2 N–H and O–H groups in total. The molecule has 0 heterocycles. The molecule has 0 aliphatic heterocycles. The largest absolute Gasteiger partial charge is 0.479 e. The van der Waals surface area contributed by atoms with Gasteiger partial charge in [0.25, 0.3) is 0 Å². The third-order valence-electron chi connectivity index (χ3n) is 2.55. The quantitative estimate of drug-likeness (QED) is 0.764. The highest BCUT2D eigenvalue weighted by Crippen LogP contribution is 2.12. The molecule has 1 amide bonds. The summed E-state index contributed by atoms with van der Waals surface area (Å²) in [6.07, 6.45) is 0.288. The first kappa shape index (κ1) is 15.0. The van der Waals surface area contributed by atoms with Gasteiger partial charge in [0.1, 0.15) is 11.8 Å². The second kappa shape index (κ2) is 8.11. The predicted octanol–water partition coefficient (Wildman–Crippen LogP) is 0.876. The lowest BCUT2D eigenvalue weighted by molar-refractivity contribution is -0.120. The third kappa shape index (κ3) is 5.89. The van der Waals surface area contributed by atoms with Crippen LogP contribution in [0.3, 0.4) is 0 Å². The van der Waals surface area contributed by atoms with E-state index < -0.39 is 0 Å². The number of ether oxygens (including phenoxy) is 1. The van der Waals surface area contributed by atoms with Crippen LogP contribution in [-0.2, 0) is 11.2 Å². The van der Waals surface area contributed by atoms with Crippen molar-refractivity contribution < 1.29 is 14.6 Å². The van der Waals surface area contributed by atoms with Gasteiger partial charge in [-0.3, -0.25) is 4.79 Å². The highest BCUT2D eigenvalue weighted by molar-refractivity contribution is 5.78. The summed E-state index contributed by atoms with van der Waals surface area (Å²) in [6, 6.07) is 8.94. The minimum atomic E-state index is -0.0778. The summed E-state index contributed by atoms with van der Waals surface area (Å²) < 4.78 is 5.12. The first-order valence-electron chi connectivity index (χ1n) is 6.12. The fraction of sp³-hybridized carbons (Fsp3) is 0.429. The Morgan fingerprint density at radius 2 is 2.16 bits per heavy atom. The molecule has 0 aliphatic rings. The van der Waals surface area contributed by atoms with Crippen LogP contribution in [0.1, 0.15) is 12.5 Å². The number of nitriles is 1. The molecule has 0 bridgehead atoms. The molecule has 5 heteroatoms. The molecule has 5 nitrogen and oxygen atoms in total. The lowest BCUT2D eigenvalue weighted by Crippen LogP contribution is -2.30. The van der Waals surface area contributed by atoms with Crippen LogP contribution in [0.4, 0.5) is 0 Å². The first-order valence-corrected chi connectivity index (χ1v) is 6.12. The van der Waals surface area contributed by atoms with Crippen molar-refractivity contribution in [1.82, 2.24) is 5.32 Å². The summed E-state index contributed by atoms with van der Waals surface area (Å²) in [6.45, 7) is 2.41. The molecule has 0 aromatic heterocycles. The smallest absolute Gasteiger partial charge is 0.224 e. The van der Waals surface area contributed by atoms with E-state index in [1.165, 1.54) is 0 Å². The van der Waals surface area contributed by atoms with Gasteiger partial charge in [-0.1, -0.05) is 19.1 Å². The molecule has 0 saturated heterocycles. The molecule has 1 aromatic carbocycles. The number of hydrogen-bond acceptors (Lipinski definition) is 4. The highest BCUT2D eigenvalue weighted by atomic mass is 16.5. The van der Waals surface area contributed by atoms with E-state index in [9.17, 15) is 4.79 Å². The lowest BCUT2D eigenvalue weighted by atomic mass is 10.1. The van der Waals surface area contributed by atoms with E-state index in [2.05, 4.69) is 5.32 Å². The van der Waals surface area contributed by atoms with Crippen LogP contribution < -0.4 is 10.1 Å². The molecule has 0 fully saturated rings. The second-order valence-electron chi connectivity index (χ2n) is 4.36. The SMILES string of the molecule is CC(CO)CNC(=O)Cc1ccc(OCC#N)cc1. The van der Waals surface area contributed by atoms with Gasteiger partial charge < -0.3 is 15.2 Å². The van der Waals surface area contributed by atoms with E-state index in [-0.39, 0.29) is 31.5 Å². The van der Waals surface area contributed by atoms with Crippen LogP contribution in [0.2, 0.25) is 0 Å². The number of nitrogens with one attached hydrogen (secondary N) is 1. The number of nitrogens with zero attached hydrogens (tertiary/aromatic N) is 1. The van der Waals surface area contributed by atoms with Crippen LogP contribution in [0.15, 0.2) is 24.3 Å². The normalized spacial score (nSPS) is 11.4. The fourth-order valence-corrected chi connectivity index (χ4v) is 1.42. The molecule has 0 aliphatic carbocycles. The lowest BCUT2D eigenvalue weighted by Gasteiger charge is -2.09. The molecule has 1 atom stereocenters. The molecule has 0 spiro atoms. The van der Waals surface area contributed by atoms with Crippen molar-refractivity contribution in [2.45, 2.75) is 13.3 Å². The number of benzene rings is 1. The van der Waals surface area contributed by atoms with Crippen LogP contribution >= 0.6 is 0 Å². The summed E-state index contributed by atoms with van der Waals surface area (Å²) in [7, 11) is 0. The van der Waals surface area contributed by atoms with Gasteiger partial charge in [-0.05, 0) is 23.6 Å². The number of aliphatic hydroxyl groups is 1. The third-order valence-corrected chi connectivity index (χ3v) is 2.55. The van der Waals surface area contributed by atoms with E-state index in [1.807, 2.05) is 13.0 Å². The van der Waals surface area contributed by atoms with E-state index in [4.69, 9.17) is 15.1 Å². The fourth-order valence-electron chi connectivity index (χ4n) is 1.42. The Labute approximate surface area is 112 Å². The predicted molar refractivity (Wildman–Crippen MR) is 70.5 cm³/mol. The molecule has 0 saturated carbocycles. The monoisotopic (exact) mass is 262 g/mol. The minimum absolute atomic E-state index is 0.0128. The minimum Gasteiger partial charge on any atom is -0.479 e. The van der Waals surface area contributed by atoms with Crippen molar-refractivity contribution >= 4 is 5.91 Å². The zero-order valence-electron chi connectivity index (χ0n) is 10.9. The van der Waals surface area contributed by atoms with Gasteiger partial charge in [-0.2, -0.15) is 5.26 Å². The van der Waals surface area contributed by atoms with Gasteiger partial charge in [0, 0.05) is 13.2 Å². The van der Waals surface area contributed by atoms with Gasteiger partial charge >= 0.3 is 0 Å². The van der Waals surface area contributed by atoms with Crippen molar-refractivity contribution in [3.8, 4) is 11.8 Å². The van der Waals surface area contributed by atoms with Crippen molar-refractivity contribution in [3.63, 3.8) is 0 Å². The zero-order chi connectivity index (χ0) is 14.1. The summed E-state index contributed by atoms with van der Waals surface area (Å²) in [5.74, 6) is 0.594. The second-order valence-corrected chi connectivity index (χ2v) is 4.36. The van der Waals surface area contributed by atoms with Gasteiger partial charge in [-0.25, -0.2) is 0 Å². The molecule has 1 aromatic rings. The van der Waals surface area contributed by atoms with Gasteiger partial charge in [0.2, 0.25) is 5.91 Å². The van der Waals surface area contributed by atoms with Crippen molar-refractivity contribution in [1.29, 1.82) is 5.26 Å². The molecule has 102 valence electrons. The van der Waals surface area contributed by atoms with Crippen LogP contribution in [0.25, 0.3) is 0 Å². The van der Waals surface area contributed by atoms with Crippen LogP contribution in [-0.4, -0.2) is 30.8 Å². The molecule has 1 rings (SSSR count). The Bertz CT molecular complexity index is 437. The Morgan fingerprint density at radius 3 is 2.74 bits per heavy atom. The molecule has 1 unspecified atom stereocenters. The van der Waals surface area contributed by atoms with E-state index in [1.54, 1.807) is 24.3 Å². The average molecular weight is 262 g/mol. The van der Waals surface area contributed by atoms with Crippen LogP contribution in [0, 0.1) is 17.2 Å². The molecular formula is C14H18N2O3. The number of carbonyl (C=O) groups is 1. The summed E-state index contributed by atoms with van der Waals surface area (Å²) in [5.41, 5.74) is 0.874. The standard InChI is InChI=1S/C14H18N2O3/c1-11(10-17)9-16-14(18)8-12-2-4-13(5-3-12)19-7-6-15/h2-5,11,17H,7-10H2,1H3,(H,16,18). The summed E-state index contributed by atoms with van der Waals surface area (Å²) in [5, 5.41) is 20.0. The average Bonchev–Trinajstić information content (AvgIpc) is 2.44. The molecular weight excluding hydrogens is 244 g/mol. The number of amides is 1. The summed E-state index contributed by atoms with van der Waals surface area (Å²) in [4.78, 5) is 11.6. The van der Waals surface area contributed by atoms with Crippen molar-refractivity contribution in [3.05, 3.63) is 29.8 Å². The van der Waals surface area contributed by atoms with Crippen LogP contribution in [0.5, 0.6) is 5.75 Å². The maximum absolute atomic E-state index is 11.6. The van der Waals surface area contributed by atoms with E-state index >= 15 is 0 Å². The van der Waals surface area contributed by atoms with E-state index in [0.717, 1.165) is 5.56 Å². The highest BCUT2D eigenvalue weighted by Gasteiger charge is 2.06. The number of carbonyl (C=O) groups excluding carboxylic acids is 1. The van der Waals surface area contributed by atoms with Crippen molar-refractivity contribution in [2.75, 3.05) is 19.8 Å². The Hall–Kier alpha value is -2.06. The van der Waals surface area contributed by atoms with E-state index in [0.29, 0.717) is 12.3 Å². The Kier molecular flexibility index (Phi) is 6.41. The van der Waals surface area contributed by atoms with Gasteiger partial charge in [0.05, 0.1) is 6.42 Å². The number of rotatable bonds is 7. The molecule has 0 radical (unpaired) electrons. The topological polar surface area (TPSA) is 82.3 Å².